The maximum atomic E-state index is 13.6. The molecule has 1 heterocycles. The molecule has 1 aromatic carbocycles. The number of ether oxygens (including phenoxy) is 2. The Morgan fingerprint density at radius 3 is 2.43 bits per heavy atom. The summed E-state index contributed by atoms with van der Waals surface area (Å²) in [4.78, 5) is 25.7. The lowest BCUT2D eigenvalue weighted by atomic mass is 9.65. The number of rotatable bonds is 7. The predicted molar refractivity (Wildman–Crippen MR) is 158 cm³/mol. The Balaban J connectivity index is 1.50. The van der Waals surface area contributed by atoms with E-state index in [9.17, 15) is 22.8 Å². The largest absolute Gasteiger partial charge is 0.462 e. The van der Waals surface area contributed by atoms with E-state index >= 15 is 0 Å². The maximum Gasteiger partial charge on any atom is 0.417 e. The summed E-state index contributed by atoms with van der Waals surface area (Å²) in [5.74, 6) is -1.00. The van der Waals surface area contributed by atoms with Gasteiger partial charge in [0.05, 0.1) is 23.7 Å². The number of allylic oxidation sites excluding steroid dienone is 3. The van der Waals surface area contributed by atoms with Crippen LogP contribution in [0.3, 0.4) is 0 Å². The Kier molecular flexibility index (Phi) is 9.53. The van der Waals surface area contributed by atoms with Crippen LogP contribution in [0.1, 0.15) is 82.6 Å². The van der Waals surface area contributed by atoms with Gasteiger partial charge in [-0.15, -0.1) is 0 Å². The van der Waals surface area contributed by atoms with E-state index in [0.29, 0.717) is 19.3 Å². The van der Waals surface area contributed by atoms with Crippen LogP contribution < -0.4 is 0 Å². The Bertz CT molecular complexity index is 1210. The van der Waals surface area contributed by atoms with Crippen molar-refractivity contribution in [1.82, 2.24) is 0 Å². The van der Waals surface area contributed by atoms with Crippen molar-refractivity contribution >= 4 is 20.3 Å². The van der Waals surface area contributed by atoms with E-state index in [1.807, 2.05) is 6.92 Å². The van der Waals surface area contributed by atoms with Crippen LogP contribution in [0.4, 0.5) is 13.2 Å². The lowest BCUT2D eigenvalue weighted by Gasteiger charge is -2.44. The molecule has 0 radical (unpaired) electrons. The average molecular weight is 607 g/mol. The first-order valence-corrected chi connectivity index (χ1v) is 18.0. The zero-order valence-electron chi connectivity index (χ0n) is 25.8. The van der Waals surface area contributed by atoms with Gasteiger partial charge < -0.3 is 13.9 Å². The van der Waals surface area contributed by atoms with E-state index in [0.717, 1.165) is 18.1 Å². The number of carbonyl (C=O) groups excluding carboxylic acids is 2. The van der Waals surface area contributed by atoms with Crippen LogP contribution in [-0.2, 0) is 24.9 Å². The first-order chi connectivity index (χ1) is 19.5. The molecule has 1 saturated heterocycles. The third-order valence-electron chi connectivity index (χ3n) is 9.61. The molecular formula is C33H45F3O5Si. The minimum absolute atomic E-state index is 0.0294. The number of benzene rings is 1. The fourth-order valence-electron chi connectivity index (χ4n) is 6.41. The molecule has 5 nitrogen and oxygen atoms in total. The fraction of sp³-hybridized carbons (Fsp3) is 0.636. The van der Waals surface area contributed by atoms with Gasteiger partial charge in [-0.1, -0.05) is 65.0 Å². The first-order valence-electron chi connectivity index (χ1n) is 15.1. The molecule has 42 heavy (non-hydrogen) atoms. The molecule has 0 aromatic heterocycles. The molecular weight excluding hydrogens is 561 g/mol. The minimum atomic E-state index is -4.66. The highest BCUT2D eigenvalue weighted by molar-refractivity contribution is 6.74. The molecule has 0 bridgehead atoms. The van der Waals surface area contributed by atoms with Gasteiger partial charge in [0.25, 0.3) is 0 Å². The van der Waals surface area contributed by atoms with E-state index < -0.39 is 37.7 Å². The molecule has 1 aliphatic heterocycles. The van der Waals surface area contributed by atoms with E-state index in [-0.39, 0.29) is 53.3 Å². The zero-order valence-corrected chi connectivity index (χ0v) is 26.8. The topological polar surface area (TPSA) is 61.8 Å². The third kappa shape index (κ3) is 7.39. The summed E-state index contributed by atoms with van der Waals surface area (Å²) in [5.41, 5.74) is -0.401. The molecule has 4 rings (SSSR count). The third-order valence-corrected chi connectivity index (χ3v) is 14.1. The number of halogens is 3. The van der Waals surface area contributed by atoms with Crippen LogP contribution in [0, 0.1) is 23.7 Å². The summed E-state index contributed by atoms with van der Waals surface area (Å²) in [5, 5.41) is 0.0294. The van der Waals surface area contributed by atoms with Gasteiger partial charge in [-0.05, 0) is 72.9 Å². The van der Waals surface area contributed by atoms with Crippen molar-refractivity contribution in [2.75, 3.05) is 0 Å². The van der Waals surface area contributed by atoms with Crippen LogP contribution in [-0.4, -0.2) is 38.6 Å². The van der Waals surface area contributed by atoms with Gasteiger partial charge in [0, 0.05) is 12.3 Å². The fourth-order valence-corrected chi connectivity index (χ4v) is 7.78. The highest BCUT2D eigenvalue weighted by Crippen LogP contribution is 2.46. The van der Waals surface area contributed by atoms with Crippen molar-refractivity contribution in [2.45, 2.75) is 109 Å². The Labute approximate surface area is 249 Å². The highest BCUT2D eigenvalue weighted by Gasteiger charge is 2.44. The van der Waals surface area contributed by atoms with Crippen LogP contribution >= 0.6 is 0 Å². The van der Waals surface area contributed by atoms with Gasteiger partial charge in [-0.25, -0.2) is 4.79 Å². The van der Waals surface area contributed by atoms with Crippen molar-refractivity contribution in [3.8, 4) is 0 Å². The molecule has 0 N–H and O–H groups in total. The number of hydrogen-bond donors (Lipinski definition) is 0. The molecule has 7 atom stereocenters. The summed E-state index contributed by atoms with van der Waals surface area (Å²) >= 11 is 0. The second-order valence-corrected chi connectivity index (χ2v) is 18.7. The van der Waals surface area contributed by atoms with E-state index in [1.54, 1.807) is 0 Å². The van der Waals surface area contributed by atoms with Gasteiger partial charge in [-0.2, -0.15) is 13.2 Å². The predicted octanol–water partition coefficient (Wildman–Crippen LogP) is 8.51. The van der Waals surface area contributed by atoms with Crippen molar-refractivity contribution < 1.29 is 36.7 Å². The quantitative estimate of drug-likeness (QED) is 0.230. The smallest absolute Gasteiger partial charge is 0.417 e. The van der Waals surface area contributed by atoms with Crippen molar-refractivity contribution in [3.63, 3.8) is 0 Å². The molecule has 2 aliphatic carbocycles. The molecule has 0 amide bonds. The molecule has 1 fully saturated rings. The van der Waals surface area contributed by atoms with Crippen LogP contribution in [0.15, 0.2) is 48.1 Å². The molecule has 0 spiro atoms. The van der Waals surface area contributed by atoms with Gasteiger partial charge in [-0.3, -0.25) is 4.79 Å². The molecule has 9 heteroatoms. The van der Waals surface area contributed by atoms with Crippen LogP contribution in [0.5, 0.6) is 0 Å². The Hall–Kier alpha value is -2.39. The number of cyclic esters (lactones) is 1. The molecule has 1 aromatic rings. The second-order valence-electron chi connectivity index (χ2n) is 13.9. The normalized spacial score (nSPS) is 30.3. The number of carbonyl (C=O) groups is 2. The Morgan fingerprint density at radius 1 is 1.07 bits per heavy atom. The zero-order chi connectivity index (χ0) is 31.0. The summed E-state index contributed by atoms with van der Waals surface area (Å²) in [6.07, 6.45) is 3.54. The average Bonchev–Trinajstić information content (AvgIpc) is 2.86. The van der Waals surface area contributed by atoms with Gasteiger partial charge in [0.2, 0.25) is 0 Å². The summed E-state index contributed by atoms with van der Waals surface area (Å²) in [6.45, 7) is 15.0. The van der Waals surface area contributed by atoms with E-state index in [4.69, 9.17) is 13.9 Å². The monoisotopic (exact) mass is 606 g/mol. The van der Waals surface area contributed by atoms with Crippen molar-refractivity contribution in [3.05, 3.63) is 59.2 Å². The van der Waals surface area contributed by atoms with E-state index in [2.05, 4.69) is 59.0 Å². The lowest BCUT2D eigenvalue weighted by molar-refractivity contribution is -0.160. The molecule has 0 saturated carbocycles. The molecule has 3 aliphatic rings. The van der Waals surface area contributed by atoms with Gasteiger partial charge in [0.1, 0.15) is 12.2 Å². The number of alkyl halides is 3. The van der Waals surface area contributed by atoms with Crippen LogP contribution in [0.25, 0.3) is 0 Å². The Morgan fingerprint density at radius 2 is 1.76 bits per heavy atom. The number of hydrogen-bond acceptors (Lipinski definition) is 5. The maximum absolute atomic E-state index is 13.6. The van der Waals surface area contributed by atoms with E-state index in [1.165, 1.54) is 18.2 Å². The van der Waals surface area contributed by atoms with Crippen molar-refractivity contribution in [2.24, 2.45) is 23.7 Å². The van der Waals surface area contributed by atoms with Crippen molar-refractivity contribution in [1.29, 1.82) is 0 Å². The minimum Gasteiger partial charge on any atom is -0.462 e. The number of esters is 2. The van der Waals surface area contributed by atoms with Crippen LogP contribution in [0.2, 0.25) is 18.1 Å². The molecule has 0 unspecified atom stereocenters. The standard InChI is InChI=1S/C33H45F3O5Si/c1-20-16-22-13-12-21(2)25(15-14-23-18-24(19-29(37)39-23)41-42(6,7)32(3,4)5)30(22)28(17-20)40-31(38)26-10-8-9-11-27(26)33(34,35)36/h8-13,16,20-21,23-25,28,30H,14-15,17-19H2,1-7H3/t20-,21-,23+,24+,25-,28-,30-/m0/s1. The molecule has 232 valence electrons. The van der Waals surface area contributed by atoms with Gasteiger partial charge in [0.15, 0.2) is 8.32 Å². The second kappa shape index (κ2) is 12.3. The SMILES string of the molecule is C[C@H]1C=C2C=C[C@H](C)[C@H](CC[C@@H]3C[C@@H](O[Si](C)(C)C(C)(C)C)CC(=O)O3)[C@H]2[C@@H](OC(=O)c2ccccc2C(F)(F)F)C1. The summed E-state index contributed by atoms with van der Waals surface area (Å²) < 4.78 is 59.2. The number of fused-ring (bicyclic) bond motifs is 1. The lowest BCUT2D eigenvalue weighted by Crippen LogP contribution is -2.47. The van der Waals surface area contributed by atoms with Gasteiger partial charge >= 0.3 is 18.1 Å². The highest BCUT2D eigenvalue weighted by atomic mass is 28.4. The summed E-state index contributed by atoms with van der Waals surface area (Å²) in [7, 11) is -2.06. The summed E-state index contributed by atoms with van der Waals surface area (Å²) in [6, 6.07) is 4.77. The first kappa shape index (κ1) is 32.5.